The van der Waals surface area contributed by atoms with Gasteiger partial charge in [0.1, 0.15) is 0 Å². The minimum atomic E-state index is -0.0998. The van der Waals surface area contributed by atoms with Gasteiger partial charge in [0.05, 0.1) is 17.5 Å². The maximum absolute atomic E-state index is 12.4. The van der Waals surface area contributed by atoms with Crippen LogP contribution in [0.2, 0.25) is 5.02 Å². The maximum atomic E-state index is 12.4. The molecule has 0 N–H and O–H groups in total. The van der Waals surface area contributed by atoms with Gasteiger partial charge in [-0.2, -0.15) is 0 Å². The molecule has 2 aliphatic rings. The van der Waals surface area contributed by atoms with Crippen molar-refractivity contribution in [2.75, 3.05) is 4.90 Å². The highest BCUT2D eigenvalue weighted by molar-refractivity contribution is 6.31. The quantitative estimate of drug-likeness (QED) is 0.739. The minimum absolute atomic E-state index is 0.0311. The van der Waals surface area contributed by atoms with Crippen LogP contribution in [0.5, 0.6) is 0 Å². The van der Waals surface area contributed by atoms with Gasteiger partial charge in [-0.1, -0.05) is 24.4 Å². The lowest BCUT2D eigenvalue weighted by molar-refractivity contribution is -0.122. The molecular weight excluding hydrogens is 262 g/mol. The first-order chi connectivity index (χ1) is 9.09. The van der Waals surface area contributed by atoms with Gasteiger partial charge < -0.3 is 0 Å². The molecule has 19 heavy (non-hydrogen) atoms. The van der Waals surface area contributed by atoms with Gasteiger partial charge in [0.15, 0.2) is 0 Å². The highest BCUT2D eigenvalue weighted by atomic mass is 35.5. The topological polar surface area (TPSA) is 37.4 Å². The molecule has 2 fully saturated rings. The average molecular weight is 278 g/mol. The number of rotatable bonds is 1. The lowest BCUT2D eigenvalue weighted by Gasteiger charge is -2.19. The van der Waals surface area contributed by atoms with E-state index in [1.165, 1.54) is 4.90 Å². The Hall–Kier alpha value is -1.35. The number of halogens is 1. The number of benzene rings is 1. The number of nitrogens with zero attached hydrogens (tertiary/aromatic N) is 1. The molecule has 1 saturated heterocycles. The van der Waals surface area contributed by atoms with E-state index in [0.29, 0.717) is 10.7 Å². The monoisotopic (exact) mass is 277 g/mol. The summed E-state index contributed by atoms with van der Waals surface area (Å²) in [6, 6.07) is 5.31. The fourth-order valence-electron chi connectivity index (χ4n) is 3.18. The normalized spacial score (nSPS) is 26.7. The van der Waals surface area contributed by atoms with Crippen LogP contribution < -0.4 is 4.90 Å². The smallest absolute Gasteiger partial charge is 0.237 e. The second-order valence-electron chi connectivity index (χ2n) is 5.44. The Morgan fingerprint density at radius 1 is 1.11 bits per heavy atom. The molecule has 4 heteroatoms. The van der Waals surface area contributed by atoms with Crippen molar-refractivity contribution in [1.82, 2.24) is 0 Å². The number of anilines is 1. The van der Waals surface area contributed by atoms with Crippen molar-refractivity contribution in [2.24, 2.45) is 11.8 Å². The summed E-state index contributed by atoms with van der Waals surface area (Å²) in [6.45, 7) is 1.88. The van der Waals surface area contributed by atoms with Gasteiger partial charge in [0.2, 0.25) is 11.8 Å². The molecule has 100 valence electrons. The number of amides is 2. The summed E-state index contributed by atoms with van der Waals surface area (Å²) in [5.41, 5.74) is 1.54. The molecule has 0 bridgehead atoms. The van der Waals surface area contributed by atoms with Gasteiger partial charge >= 0.3 is 0 Å². The standard InChI is InChI=1S/C15H16ClNO2/c1-9-8-10(6-7-13(9)16)17-14(18)11-4-2-3-5-12(11)15(17)19/h6-8,11-12H,2-5H2,1H3. The van der Waals surface area contributed by atoms with Gasteiger partial charge in [0, 0.05) is 5.02 Å². The van der Waals surface area contributed by atoms with E-state index in [9.17, 15) is 9.59 Å². The Bertz CT molecular complexity index is 531. The molecule has 1 aromatic carbocycles. The molecule has 2 amide bonds. The van der Waals surface area contributed by atoms with E-state index in [-0.39, 0.29) is 23.7 Å². The van der Waals surface area contributed by atoms with Gasteiger partial charge in [-0.15, -0.1) is 0 Å². The Balaban J connectivity index is 1.98. The van der Waals surface area contributed by atoms with Gasteiger partial charge in [-0.05, 0) is 43.5 Å². The van der Waals surface area contributed by atoms with Gasteiger partial charge in [-0.3, -0.25) is 14.5 Å². The molecule has 2 atom stereocenters. The Morgan fingerprint density at radius 2 is 1.68 bits per heavy atom. The second kappa shape index (κ2) is 4.64. The van der Waals surface area contributed by atoms with Crippen LogP contribution >= 0.6 is 11.6 Å². The maximum Gasteiger partial charge on any atom is 0.237 e. The third-order valence-corrected chi connectivity index (χ3v) is 4.66. The summed E-state index contributed by atoms with van der Waals surface area (Å²) in [6.07, 6.45) is 3.79. The summed E-state index contributed by atoms with van der Waals surface area (Å²) in [5, 5.41) is 0.653. The summed E-state index contributed by atoms with van der Waals surface area (Å²) >= 11 is 5.99. The van der Waals surface area contributed by atoms with Crippen molar-refractivity contribution in [1.29, 1.82) is 0 Å². The zero-order valence-electron chi connectivity index (χ0n) is 10.9. The van der Waals surface area contributed by atoms with E-state index in [2.05, 4.69) is 0 Å². The zero-order chi connectivity index (χ0) is 13.6. The summed E-state index contributed by atoms with van der Waals surface area (Å²) < 4.78 is 0. The lowest BCUT2D eigenvalue weighted by atomic mass is 9.81. The van der Waals surface area contributed by atoms with Gasteiger partial charge in [0.25, 0.3) is 0 Å². The number of hydrogen-bond donors (Lipinski definition) is 0. The second-order valence-corrected chi connectivity index (χ2v) is 5.85. The third-order valence-electron chi connectivity index (χ3n) is 4.24. The van der Waals surface area contributed by atoms with Crippen molar-refractivity contribution in [3.63, 3.8) is 0 Å². The molecule has 1 aliphatic heterocycles. The molecule has 1 aliphatic carbocycles. The summed E-state index contributed by atoms with van der Waals surface area (Å²) in [7, 11) is 0. The first kappa shape index (κ1) is 12.7. The van der Waals surface area contributed by atoms with Crippen LogP contribution in [-0.4, -0.2) is 11.8 Å². The molecule has 3 nitrogen and oxygen atoms in total. The Labute approximate surface area is 117 Å². The minimum Gasteiger partial charge on any atom is -0.274 e. The molecule has 2 unspecified atom stereocenters. The predicted octanol–water partition coefficient (Wildman–Crippen LogP) is 3.33. The number of carbonyl (C=O) groups is 2. The number of fused-ring (bicyclic) bond motifs is 1. The number of hydrogen-bond acceptors (Lipinski definition) is 2. The van der Waals surface area contributed by atoms with Crippen LogP contribution in [-0.2, 0) is 9.59 Å². The molecule has 3 rings (SSSR count). The van der Waals surface area contributed by atoms with Crippen LogP contribution in [0, 0.1) is 18.8 Å². The largest absolute Gasteiger partial charge is 0.274 e. The average Bonchev–Trinajstić information content (AvgIpc) is 2.66. The molecule has 0 radical (unpaired) electrons. The number of carbonyl (C=O) groups excluding carboxylic acids is 2. The van der Waals surface area contributed by atoms with Crippen molar-refractivity contribution >= 4 is 29.1 Å². The summed E-state index contributed by atoms with van der Waals surface area (Å²) in [5.74, 6) is -0.262. The molecule has 1 saturated carbocycles. The molecular formula is C15H16ClNO2. The van der Waals surface area contributed by atoms with Crippen LogP contribution in [0.3, 0.4) is 0 Å². The van der Waals surface area contributed by atoms with E-state index in [1.807, 2.05) is 13.0 Å². The first-order valence-corrected chi connectivity index (χ1v) is 7.11. The van der Waals surface area contributed by atoms with Crippen LogP contribution in [0.25, 0.3) is 0 Å². The first-order valence-electron chi connectivity index (χ1n) is 6.73. The summed E-state index contributed by atoms with van der Waals surface area (Å²) in [4.78, 5) is 26.2. The Kier molecular flexibility index (Phi) is 3.09. The van der Waals surface area contributed by atoms with E-state index in [0.717, 1.165) is 31.2 Å². The highest BCUT2D eigenvalue weighted by Crippen LogP contribution is 2.40. The Morgan fingerprint density at radius 3 is 2.21 bits per heavy atom. The lowest BCUT2D eigenvalue weighted by Crippen LogP contribution is -2.30. The molecule has 1 aromatic rings. The molecule has 0 spiro atoms. The van der Waals surface area contributed by atoms with Crippen molar-refractivity contribution < 1.29 is 9.59 Å². The number of aryl methyl sites for hydroxylation is 1. The van der Waals surface area contributed by atoms with E-state index in [1.54, 1.807) is 12.1 Å². The van der Waals surface area contributed by atoms with E-state index >= 15 is 0 Å². The van der Waals surface area contributed by atoms with Crippen molar-refractivity contribution in [3.8, 4) is 0 Å². The zero-order valence-corrected chi connectivity index (χ0v) is 11.6. The van der Waals surface area contributed by atoms with Gasteiger partial charge in [-0.25, -0.2) is 0 Å². The predicted molar refractivity (Wildman–Crippen MR) is 74.1 cm³/mol. The van der Waals surface area contributed by atoms with E-state index in [4.69, 9.17) is 11.6 Å². The number of imide groups is 1. The van der Waals surface area contributed by atoms with E-state index < -0.39 is 0 Å². The van der Waals surface area contributed by atoms with Crippen molar-refractivity contribution in [2.45, 2.75) is 32.6 Å². The van der Waals surface area contributed by atoms with Crippen LogP contribution in [0.15, 0.2) is 18.2 Å². The SMILES string of the molecule is Cc1cc(N2C(=O)C3CCCCC3C2=O)ccc1Cl. The fraction of sp³-hybridized carbons (Fsp3) is 0.467. The molecule has 1 heterocycles. The van der Waals surface area contributed by atoms with Crippen molar-refractivity contribution in [3.05, 3.63) is 28.8 Å². The highest BCUT2D eigenvalue weighted by Gasteiger charge is 2.48. The van der Waals surface area contributed by atoms with Crippen LogP contribution in [0.4, 0.5) is 5.69 Å². The fourth-order valence-corrected chi connectivity index (χ4v) is 3.30. The third kappa shape index (κ3) is 1.96. The van der Waals surface area contributed by atoms with Crippen LogP contribution in [0.1, 0.15) is 31.2 Å². The molecule has 0 aromatic heterocycles.